The fourth-order valence-electron chi connectivity index (χ4n) is 2.85. The van der Waals surface area contributed by atoms with E-state index in [2.05, 4.69) is 22.8 Å². The zero-order chi connectivity index (χ0) is 16.8. The first-order chi connectivity index (χ1) is 11.7. The first-order valence-electron chi connectivity index (χ1n) is 7.95. The fraction of sp³-hybridized carbons (Fsp3) is 0.389. The summed E-state index contributed by atoms with van der Waals surface area (Å²) in [6, 6.07) is 10.4. The molecule has 1 amide bonds. The van der Waals surface area contributed by atoms with E-state index in [9.17, 15) is 9.18 Å². The fourth-order valence-corrected chi connectivity index (χ4v) is 4.57. The SMILES string of the molecule is O=C(CSc1ccc(F)cc1)NCC1(c2cccs2)CCOCC1. The Hall–Kier alpha value is -1.37. The first kappa shape index (κ1) is 17.5. The Kier molecular flexibility index (Phi) is 5.92. The zero-order valence-electron chi connectivity index (χ0n) is 13.3. The summed E-state index contributed by atoms with van der Waals surface area (Å²) in [5, 5.41) is 5.16. The normalized spacial score (nSPS) is 16.7. The Labute approximate surface area is 149 Å². The number of thiophene rings is 1. The maximum Gasteiger partial charge on any atom is 0.230 e. The molecule has 24 heavy (non-hydrogen) atoms. The Morgan fingerprint density at radius 1 is 1.25 bits per heavy atom. The van der Waals surface area contributed by atoms with Crippen molar-refractivity contribution in [2.75, 3.05) is 25.5 Å². The first-order valence-corrected chi connectivity index (χ1v) is 9.81. The number of amides is 1. The number of thioether (sulfide) groups is 1. The summed E-state index contributed by atoms with van der Waals surface area (Å²) < 4.78 is 18.4. The van der Waals surface area contributed by atoms with Crippen molar-refractivity contribution in [3.63, 3.8) is 0 Å². The van der Waals surface area contributed by atoms with Crippen molar-refractivity contribution in [1.82, 2.24) is 5.32 Å². The number of hydrogen-bond acceptors (Lipinski definition) is 4. The number of rotatable bonds is 6. The molecule has 128 valence electrons. The molecule has 1 fully saturated rings. The maximum absolute atomic E-state index is 12.9. The minimum atomic E-state index is -0.263. The predicted octanol–water partition coefficient (Wildman–Crippen LogP) is 3.84. The van der Waals surface area contributed by atoms with Gasteiger partial charge in [0.05, 0.1) is 5.75 Å². The van der Waals surface area contributed by atoms with Gasteiger partial charge in [-0.2, -0.15) is 0 Å². The van der Waals surface area contributed by atoms with Gasteiger partial charge in [0.2, 0.25) is 5.91 Å². The summed E-state index contributed by atoms with van der Waals surface area (Å²) in [5.41, 5.74) is -0.0113. The van der Waals surface area contributed by atoms with E-state index < -0.39 is 0 Å². The highest BCUT2D eigenvalue weighted by atomic mass is 32.2. The highest BCUT2D eigenvalue weighted by molar-refractivity contribution is 8.00. The van der Waals surface area contributed by atoms with Crippen LogP contribution in [0.2, 0.25) is 0 Å². The van der Waals surface area contributed by atoms with Crippen LogP contribution in [-0.4, -0.2) is 31.4 Å². The van der Waals surface area contributed by atoms with Gasteiger partial charge >= 0.3 is 0 Å². The monoisotopic (exact) mass is 365 g/mol. The van der Waals surface area contributed by atoms with E-state index in [1.165, 1.54) is 28.8 Å². The van der Waals surface area contributed by atoms with E-state index in [4.69, 9.17) is 4.74 Å². The molecular formula is C18H20FNO2S2. The van der Waals surface area contributed by atoms with E-state index in [-0.39, 0.29) is 17.1 Å². The number of carbonyl (C=O) groups excluding carboxylic acids is 1. The molecule has 6 heteroatoms. The second-order valence-corrected chi connectivity index (χ2v) is 7.89. The van der Waals surface area contributed by atoms with Crippen LogP contribution >= 0.6 is 23.1 Å². The zero-order valence-corrected chi connectivity index (χ0v) is 14.9. The van der Waals surface area contributed by atoms with Crippen LogP contribution in [0.25, 0.3) is 0 Å². The Morgan fingerprint density at radius 3 is 2.67 bits per heavy atom. The number of ether oxygens (including phenoxy) is 1. The van der Waals surface area contributed by atoms with Gasteiger partial charge in [-0.25, -0.2) is 4.39 Å². The van der Waals surface area contributed by atoms with E-state index >= 15 is 0 Å². The number of hydrogen-bond donors (Lipinski definition) is 1. The van der Waals surface area contributed by atoms with Gasteiger partial charge in [-0.15, -0.1) is 23.1 Å². The van der Waals surface area contributed by atoms with Crippen LogP contribution in [0.15, 0.2) is 46.7 Å². The quantitative estimate of drug-likeness (QED) is 0.791. The lowest BCUT2D eigenvalue weighted by Gasteiger charge is -2.36. The van der Waals surface area contributed by atoms with Gasteiger partial charge in [0.15, 0.2) is 0 Å². The van der Waals surface area contributed by atoms with Gasteiger partial charge in [0.1, 0.15) is 5.82 Å². The molecule has 2 heterocycles. The minimum absolute atomic E-state index is 0.00625. The van der Waals surface area contributed by atoms with Gasteiger partial charge in [-0.3, -0.25) is 4.79 Å². The topological polar surface area (TPSA) is 38.3 Å². The highest BCUT2D eigenvalue weighted by Crippen LogP contribution is 2.37. The molecule has 3 rings (SSSR count). The second-order valence-electron chi connectivity index (χ2n) is 5.89. The van der Waals surface area contributed by atoms with Crippen LogP contribution in [0, 0.1) is 5.82 Å². The Bertz CT molecular complexity index is 652. The molecule has 2 aromatic rings. The molecule has 1 aliphatic rings. The molecular weight excluding hydrogens is 345 g/mol. The van der Waals surface area contributed by atoms with Crippen LogP contribution in [0.1, 0.15) is 17.7 Å². The van der Waals surface area contributed by atoms with Crippen molar-refractivity contribution in [2.24, 2.45) is 0 Å². The largest absolute Gasteiger partial charge is 0.381 e. The molecule has 1 aromatic carbocycles. The molecule has 0 spiro atoms. The number of carbonyl (C=O) groups is 1. The molecule has 3 nitrogen and oxygen atoms in total. The number of halogens is 1. The van der Waals surface area contributed by atoms with E-state index in [0.717, 1.165) is 31.0 Å². The van der Waals surface area contributed by atoms with Crippen molar-refractivity contribution < 1.29 is 13.9 Å². The molecule has 1 saturated heterocycles. The van der Waals surface area contributed by atoms with Crippen LogP contribution in [0.4, 0.5) is 4.39 Å². The van der Waals surface area contributed by atoms with Crippen LogP contribution < -0.4 is 5.32 Å². The van der Waals surface area contributed by atoms with Gasteiger partial charge in [-0.1, -0.05) is 6.07 Å². The smallest absolute Gasteiger partial charge is 0.230 e. The Balaban J connectivity index is 1.54. The van der Waals surface area contributed by atoms with Crippen molar-refractivity contribution in [3.8, 4) is 0 Å². The number of nitrogens with one attached hydrogen (secondary N) is 1. The third kappa shape index (κ3) is 4.37. The molecule has 1 N–H and O–H groups in total. The average Bonchev–Trinajstić information content (AvgIpc) is 3.16. The third-order valence-electron chi connectivity index (χ3n) is 4.30. The van der Waals surface area contributed by atoms with Gasteiger partial charge in [-0.05, 0) is 48.6 Å². The van der Waals surface area contributed by atoms with Gasteiger partial charge in [0, 0.05) is 34.9 Å². The van der Waals surface area contributed by atoms with E-state index in [1.807, 2.05) is 0 Å². The molecule has 0 bridgehead atoms. The third-order valence-corrected chi connectivity index (χ3v) is 6.43. The molecule has 0 unspecified atom stereocenters. The average molecular weight is 365 g/mol. The second kappa shape index (κ2) is 8.14. The minimum Gasteiger partial charge on any atom is -0.381 e. The molecule has 0 radical (unpaired) electrons. The lowest BCUT2D eigenvalue weighted by Crippen LogP contribution is -2.44. The van der Waals surface area contributed by atoms with Crippen molar-refractivity contribution >= 4 is 29.0 Å². The van der Waals surface area contributed by atoms with Gasteiger partial charge in [0.25, 0.3) is 0 Å². The number of benzene rings is 1. The summed E-state index contributed by atoms with van der Waals surface area (Å²) in [4.78, 5) is 14.4. The maximum atomic E-state index is 12.9. The van der Waals surface area contributed by atoms with E-state index in [1.54, 1.807) is 23.5 Å². The Morgan fingerprint density at radius 2 is 2.00 bits per heavy atom. The predicted molar refractivity (Wildman–Crippen MR) is 96.2 cm³/mol. The molecule has 0 aliphatic carbocycles. The summed E-state index contributed by atoms with van der Waals surface area (Å²) in [5.74, 6) is 0.0794. The lowest BCUT2D eigenvalue weighted by atomic mass is 9.78. The summed E-state index contributed by atoms with van der Waals surface area (Å²) in [6.45, 7) is 2.11. The van der Waals surface area contributed by atoms with E-state index in [0.29, 0.717) is 12.3 Å². The highest BCUT2D eigenvalue weighted by Gasteiger charge is 2.35. The van der Waals surface area contributed by atoms with Crippen LogP contribution in [0.3, 0.4) is 0 Å². The molecule has 0 atom stereocenters. The standard InChI is InChI=1S/C18H20FNO2S2/c19-14-3-5-15(6-4-14)24-12-17(21)20-13-18(7-9-22-10-8-18)16-2-1-11-23-16/h1-6,11H,7-10,12-13H2,(H,20,21). The van der Waals surface area contributed by atoms with Crippen molar-refractivity contribution in [2.45, 2.75) is 23.2 Å². The summed E-state index contributed by atoms with van der Waals surface area (Å²) >= 11 is 3.16. The summed E-state index contributed by atoms with van der Waals surface area (Å²) in [6.07, 6.45) is 1.86. The van der Waals surface area contributed by atoms with Crippen molar-refractivity contribution in [1.29, 1.82) is 0 Å². The van der Waals surface area contributed by atoms with Crippen LogP contribution in [0.5, 0.6) is 0 Å². The summed E-state index contributed by atoms with van der Waals surface area (Å²) in [7, 11) is 0. The lowest BCUT2D eigenvalue weighted by molar-refractivity contribution is -0.119. The molecule has 1 aliphatic heterocycles. The molecule has 1 aromatic heterocycles. The molecule has 0 saturated carbocycles. The van der Waals surface area contributed by atoms with Crippen LogP contribution in [-0.2, 0) is 14.9 Å². The van der Waals surface area contributed by atoms with Gasteiger partial charge < -0.3 is 10.1 Å². The van der Waals surface area contributed by atoms with Crippen molar-refractivity contribution in [3.05, 3.63) is 52.5 Å².